The fourth-order valence-electron chi connectivity index (χ4n) is 1.48. The Hall–Kier alpha value is -1.58. The van der Waals surface area contributed by atoms with E-state index >= 15 is 0 Å². The summed E-state index contributed by atoms with van der Waals surface area (Å²) in [6, 6.07) is 8.43. The Labute approximate surface area is 115 Å². The van der Waals surface area contributed by atoms with Crippen molar-refractivity contribution in [3.05, 3.63) is 57.8 Å². The molecular formula is C13H10Cl2N2O. The molecule has 1 aromatic heterocycles. The monoisotopic (exact) mass is 280 g/mol. The Morgan fingerprint density at radius 3 is 2.72 bits per heavy atom. The molecule has 0 atom stereocenters. The van der Waals surface area contributed by atoms with E-state index in [0.717, 1.165) is 5.56 Å². The van der Waals surface area contributed by atoms with Gasteiger partial charge in [0.15, 0.2) is 0 Å². The van der Waals surface area contributed by atoms with Crippen LogP contribution in [0, 0.1) is 6.92 Å². The third-order valence-electron chi connectivity index (χ3n) is 2.41. The molecule has 18 heavy (non-hydrogen) atoms. The van der Waals surface area contributed by atoms with Gasteiger partial charge in [0, 0.05) is 10.6 Å². The van der Waals surface area contributed by atoms with E-state index in [1.807, 2.05) is 6.92 Å². The maximum absolute atomic E-state index is 12.0. The summed E-state index contributed by atoms with van der Waals surface area (Å²) in [6.07, 6.45) is 1.53. The van der Waals surface area contributed by atoms with Gasteiger partial charge in [-0.1, -0.05) is 29.3 Å². The number of benzene rings is 1. The van der Waals surface area contributed by atoms with Gasteiger partial charge in [-0.3, -0.25) is 4.79 Å². The molecule has 0 spiro atoms. The number of carbonyl (C=O) groups excluding carboxylic acids is 1. The van der Waals surface area contributed by atoms with Gasteiger partial charge in [0.1, 0.15) is 5.15 Å². The lowest BCUT2D eigenvalue weighted by Gasteiger charge is -2.08. The van der Waals surface area contributed by atoms with Gasteiger partial charge in [-0.15, -0.1) is 0 Å². The van der Waals surface area contributed by atoms with Crippen molar-refractivity contribution >= 4 is 34.8 Å². The number of anilines is 1. The van der Waals surface area contributed by atoms with Crippen molar-refractivity contribution in [1.82, 2.24) is 4.98 Å². The molecule has 0 aliphatic rings. The molecule has 0 unspecified atom stereocenters. The van der Waals surface area contributed by atoms with E-state index < -0.39 is 0 Å². The van der Waals surface area contributed by atoms with Crippen LogP contribution in [0.15, 0.2) is 36.5 Å². The predicted octanol–water partition coefficient (Wildman–Crippen LogP) is 3.95. The van der Waals surface area contributed by atoms with E-state index in [2.05, 4.69) is 10.3 Å². The average molecular weight is 281 g/mol. The van der Waals surface area contributed by atoms with Crippen LogP contribution in [0.1, 0.15) is 15.9 Å². The Bertz CT molecular complexity index is 599. The zero-order valence-corrected chi connectivity index (χ0v) is 11.1. The third-order valence-corrected chi connectivity index (χ3v) is 2.85. The van der Waals surface area contributed by atoms with Crippen LogP contribution in [0.4, 0.5) is 5.69 Å². The highest BCUT2D eigenvalue weighted by Gasteiger charge is 2.08. The van der Waals surface area contributed by atoms with Gasteiger partial charge >= 0.3 is 0 Å². The van der Waals surface area contributed by atoms with Gasteiger partial charge in [0.05, 0.1) is 11.9 Å². The normalized spacial score (nSPS) is 10.2. The summed E-state index contributed by atoms with van der Waals surface area (Å²) in [5.41, 5.74) is 1.98. The number of aromatic nitrogens is 1. The summed E-state index contributed by atoms with van der Waals surface area (Å²) in [6.45, 7) is 1.85. The molecule has 1 aromatic carbocycles. The van der Waals surface area contributed by atoms with Crippen LogP contribution in [0.25, 0.3) is 0 Å². The number of halogens is 2. The average Bonchev–Trinajstić information content (AvgIpc) is 2.32. The highest BCUT2D eigenvalue weighted by atomic mass is 35.5. The van der Waals surface area contributed by atoms with Crippen molar-refractivity contribution in [2.45, 2.75) is 6.92 Å². The fourth-order valence-corrected chi connectivity index (χ4v) is 1.88. The van der Waals surface area contributed by atoms with Crippen LogP contribution in [-0.2, 0) is 0 Å². The van der Waals surface area contributed by atoms with Crippen LogP contribution in [0.3, 0.4) is 0 Å². The van der Waals surface area contributed by atoms with E-state index in [-0.39, 0.29) is 5.91 Å². The Kier molecular flexibility index (Phi) is 3.84. The van der Waals surface area contributed by atoms with Crippen molar-refractivity contribution in [1.29, 1.82) is 0 Å². The topological polar surface area (TPSA) is 42.0 Å². The molecule has 0 radical (unpaired) electrons. The number of nitrogens with one attached hydrogen (secondary N) is 1. The number of carbonyl (C=O) groups is 1. The SMILES string of the molecule is Cc1cc(Cl)ncc1NC(=O)c1cccc(Cl)c1. The highest BCUT2D eigenvalue weighted by molar-refractivity contribution is 6.31. The predicted molar refractivity (Wildman–Crippen MR) is 73.4 cm³/mol. The lowest BCUT2D eigenvalue weighted by atomic mass is 10.2. The van der Waals surface area contributed by atoms with Gasteiger partial charge in [0.25, 0.3) is 5.91 Å². The van der Waals surface area contributed by atoms with Crippen LogP contribution < -0.4 is 5.32 Å². The number of hydrogen-bond acceptors (Lipinski definition) is 2. The fraction of sp³-hybridized carbons (Fsp3) is 0.0769. The van der Waals surface area contributed by atoms with Crippen molar-refractivity contribution in [3.63, 3.8) is 0 Å². The molecule has 2 aromatic rings. The molecule has 0 saturated heterocycles. The first kappa shape index (κ1) is 12.9. The van der Waals surface area contributed by atoms with E-state index in [1.54, 1.807) is 30.3 Å². The Morgan fingerprint density at radius 1 is 1.28 bits per heavy atom. The maximum atomic E-state index is 12.0. The zero-order chi connectivity index (χ0) is 13.1. The lowest BCUT2D eigenvalue weighted by molar-refractivity contribution is 0.102. The number of nitrogens with zero attached hydrogens (tertiary/aromatic N) is 1. The van der Waals surface area contributed by atoms with Crippen molar-refractivity contribution in [2.24, 2.45) is 0 Å². The first-order valence-electron chi connectivity index (χ1n) is 5.25. The van der Waals surface area contributed by atoms with E-state index in [4.69, 9.17) is 23.2 Å². The standard InChI is InChI=1S/C13H10Cl2N2O/c1-8-5-12(15)16-7-11(8)17-13(18)9-3-2-4-10(14)6-9/h2-7H,1H3,(H,17,18). The van der Waals surface area contributed by atoms with E-state index in [1.165, 1.54) is 6.20 Å². The van der Waals surface area contributed by atoms with Crippen LogP contribution in [0.5, 0.6) is 0 Å². The van der Waals surface area contributed by atoms with Gasteiger partial charge in [-0.25, -0.2) is 4.98 Å². The Balaban J connectivity index is 2.21. The Morgan fingerprint density at radius 2 is 2.06 bits per heavy atom. The second-order valence-electron chi connectivity index (χ2n) is 3.79. The minimum absolute atomic E-state index is 0.232. The molecule has 2 rings (SSSR count). The van der Waals surface area contributed by atoms with E-state index in [0.29, 0.717) is 21.4 Å². The minimum atomic E-state index is -0.232. The molecule has 0 saturated carbocycles. The largest absolute Gasteiger partial charge is 0.320 e. The summed E-state index contributed by atoms with van der Waals surface area (Å²) in [5.74, 6) is -0.232. The highest BCUT2D eigenvalue weighted by Crippen LogP contribution is 2.18. The summed E-state index contributed by atoms with van der Waals surface area (Å²) in [4.78, 5) is 15.9. The van der Waals surface area contributed by atoms with Gasteiger partial charge in [0.2, 0.25) is 0 Å². The number of pyridine rings is 1. The van der Waals surface area contributed by atoms with Crippen LogP contribution >= 0.6 is 23.2 Å². The summed E-state index contributed by atoms with van der Waals surface area (Å²) >= 11 is 11.6. The second kappa shape index (κ2) is 5.38. The number of rotatable bonds is 2. The van der Waals surface area contributed by atoms with Crippen molar-refractivity contribution in [2.75, 3.05) is 5.32 Å². The molecule has 1 N–H and O–H groups in total. The summed E-state index contributed by atoms with van der Waals surface area (Å²) in [7, 11) is 0. The molecule has 5 heteroatoms. The molecule has 0 bridgehead atoms. The zero-order valence-electron chi connectivity index (χ0n) is 9.58. The van der Waals surface area contributed by atoms with Gasteiger partial charge < -0.3 is 5.32 Å². The van der Waals surface area contributed by atoms with Crippen LogP contribution in [-0.4, -0.2) is 10.9 Å². The molecular weight excluding hydrogens is 271 g/mol. The number of amides is 1. The lowest BCUT2D eigenvalue weighted by Crippen LogP contribution is -2.12. The molecule has 0 aliphatic carbocycles. The first-order chi connectivity index (χ1) is 8.56. The molecule has 0 aliphatic heterocycles. The first-order valence-corrected chi connectivity index (χ1v) is 6.01. The molecule has 3 nitrogen and oxygen atoms in total. The van der Waals surface area contributed by atoms with Crippen molar-refractivity contribution < 1.29 is 4.79 Å². The number of hydrogen-bond donors (Lipinski definition) is 1. The quantitative estimate of drug-likeness (QED) is 0.847. The molecule has 1 amide bonds. The minimum Gasteiger partial charge on any atom is -0.320 e. The van der Waals surface area contributed by atoms with Gasteiger partial charge in [-0.2, -0.15) is 0 Å². The summed E-state index contributed by atoms with van der Waals surface area (Å²) in [5, 5.41) is 3.68. The maximum Gasteiger partial charge on any atom is 0.255 e. The molecule has 1 heterocycles. The van der Waals surface area contributed by atoms with Crippen LogP contribution in [0.2, 0.25) is 10.2 Å². The molecule has 0 fully saturated rings. The third kappa shape index (κ3) is 3.00. The summed E-state index contributed by atoms with van der Waals surface area (Å²) < 4.78 is 0. The number of aryl methyl sites for hydroxylation is 1. The van der Waals surface area contributed by atoms with E-state index in [9.17, 15) is 4.79 Å². The smallest absolute Gasteiger partial charge is 0.255 e. The molecule has 92 valence electrons. The van der Waals surface area contributed by atoms with Gasteiger partial charge in [-0.05, 0) is 36.8 Å². The van der Waals surface area contributed by atoms with Crippen molar-refractivity contribution in [3.8, 4) is 0 Å². The second-order valence-corrected chi connectivity index (χ2v) is 4.61.